The number of thioether (sulfide) groups is 1. The van der Waals surface area contributed by atoms with Gasteiger partial charge in [0.15, 0.2) is 5.16 Å². The van der Waals surface area contributed by atoms with Crippen molar-refractivity contribution in [2.45, 2.75) is 31.3 Å². The Morgan fingerprint density at radius 1 is 1.21 bits per heavy atom. The van der Waals surface area contributed by atoms with Crippen LogP contribution in [0.4, 0.5) is 5.69 Å². The van der Waals surface area contributed by atoms with Gasteiger partial charge in [0.05, 0.1) is 16.8 Å². The first-order valence-corrected chi connectivity index (χ1v) is 9.12. The largest absolute Gasteiger partial charge is 0.333 e. The summed E-state index contributed by atoms with van der Waals surface area (Å²) in [6.07, 6.45) is 1.04. The molecule has 1 amide bonds. The first-order chi connectivity index (χ1) is 11.7. The zero-order chi connectivity index (χ0) is 16.9. The number of hydrogen-bond donors (Lipinski definition) is 2. The number of nitrogens with one attached hydrogen (secondary N) is 2. The zero-order valence-corrected chi connectivity index (χ0v) is 14.7. The fraction of sp³-hybridized carbons (Fsp3) is 0.263. The van der Waals surface area contributed by atoms with Gasteiger partial charge < -0.3 is 10.3 Å². The van der Waals surface area contributed by atoms with Gasteiger partial charge in [0, 0.05) is 5.69 Å². The number of fused-ring (bicyclic) bond motifs is 1. The van der Waals surface area contributed by atoms with Crippen molar-refractivity contribution in [3.05, 3.63) is 54.1 Å². The van der Waals surface area contributed by atoms with Crippen molar-refractivity contribution in [1.29, 1.82) is 0 Å². The normalized spacial score (nSPS) is 12.2. The molecule has 24 heavy (non-hydrogen) atoms. The van der Waals surface area contributed by atoms with E-state index in [0.29, 0.717) is 11.7 Å². The lowest BCUT2D eigenvalue weighted by Gasteiger charge is -2.15. The maximum atomic E-state index is 12.3. The third kappa shape index (κ3) is 3.79. The van der Waals surface area contributed by atoms with Crippen LogP contribution in [0.15, 0.2) is 53.7 Å². The van der Waals surface area contributed by atoms with Crippen molar-refractivity contribution >= 4 is 34.4 Å². The molecule has 0 aliphatic rings. The Morgan fingerprint density at radius 3 is 2.75 bits per heavy atom. The molecule has 0 saturated carbocycles. The number of aromatic nitrogens is 2. The van der Waals surface area contributed by atoms with E-state index in [9.17, 15) is 4.79 Å². The molecule has 2 N–H and O–H groups in total. The summed E-state index contributed by atoms with van der Waals surface area (Å²) in [5, 5.41) is 3.79. The maximum absolute atomic E-state index is 12.3. The Balaban J connectivity index is 1.64. The van der Waals surface area contributed by atoms with Crippen molar-refractivity contribution in [3.8, 4) is 0 Å². The summed E-state index contributed by atoms with van der Waals surface area (Å²) in [5.74, 6) is 0.731. The van der Waals surface area contributed by atoms with Crippen LogP contribution in [0, 0.1) is 0 Å². The van der Waals surface area contributed by atoms with Gasteiger partial charge in [0.1, 0.15) is 0 Å². The van der Waals surface area contributed by atoms with Gasteiger partial charge in [0.2, 0.25) is 5.91 Å². The molecule has 3 aromatic rings. The molecule has 1 aromatic heterocycles. The third-order valence-electron chi connectivity index (χ3n) is 4.09. The van der Waals surface area contributed by atoms with Crippen molar-refractivity contribution in [3.63, 3.8) is 0 Å². The predicted octanol–water partition coefficient (Wildman–Crippen LogP) is 4.81. The third-order valence-corrected chi connectivity index (χ3v) is 4.96. The lowest BCUT2D eigenvalue weighted by Crippen LogP contribution is -2.15. The van der Waals surface area contributed by atoms with E-state index in [2.05, 4.69) is 35.2 Å². The van der Waals surface area contributed by atoms with Crippen LogP contribution < -0.4 is 5.32 Å². The summed E-state index contributed by atoms with van der Waals surface area (Å²) in [7, 11) is 0. The quantitative estimate of drug-likeness (QED) is 0.634. The van der Waals surface area contributed by atoms with Crippen LogP contribution in [0.1, 0.15) is 31.7 Å². The van der Waals surface area contributed by atoms with E-state index in [0.717, 1.165) is 28.3 Å². The molecule has 0 aliphatic carbocycles. The number of carbonyl (C=O) groups is 1. The van der Waals surface area contributed by atoms with Gasteiger partial charge in [-0.25, -0.2) is 4.98 Å². The minimum absolute atomic E-state index is 0.0174. The number of nitrogens with zero attached hydrogens (tertiary/aromatic N) is 1. The molecule has 0 saturated heterocycles. The van der Waals surface area contributed by atoms with Crippen LogP contribution in [-0.2, 0) is 4.79 Å². The smallest absolute Gasteiger partial charge is 0.234 e. The predicted molar refractivity (Wildman–Crippen MR) is 101 cm³/mol. The second kappa shape index (κ2) is 7.53. The number of para-hydroxylation sites is 3. The molecule has 3 rings (SSSR count). The van der Waals surface area contributed by atoms with E-state index in [4.69, 9.17) is 0 Å². The van der Waals surface area contributed by atoms with Gasteiger partial charge >= 0.3 is 0 Å². The second-order valence-corrected chi connectivity index (χ2v) is 6.76. The molecule has 0 radical (unpaired) electrons. The Hall–Kier alpha value is -2.27. The van der Waals surface area contributed by atoms with Crippen molar-refractivity contribution < 1.29 is 4.79 Å². The number of aromatic amines is 1. The fourth-order valence-electron chi connectivity index (χ4n) is 2.58. The number of imidazole rings is 1. The molecule has 0 aliphatic heterocycles. The lowest BCUT2D eigenvalue weighted by molar-refractivity contribution is -0.113. The van der Waals surface area contributed by atoms with Gasteiger partial charge in [0.25, 0.3) is 0 Å². The molecular weight excluding hydrogens is 318 g/mol. The lowest BCUT2D eigenvalue weighted by atomic mass is 9.97. The van der Waals surface area contributed by atoms with Crippen LogP contribution in [0.5, 0.6) is 0 Å². The van der Waals surface area contributed by atoms with Gasteiger partial charge in [-0.15, -0.1) is 0 Å². The van der Waals surface area contributed by atoms with E-state index >= 15 is 0 Å². The van der Waals surface area contributed by atoms with E-state index in [1.165, 1.54) is 17.3 Å². The summed E-state index contributed by atoms with van der Waals surface area (Å²) in [6.45, 7) is 4.33. The van der Waals surface area contributed by atoms with Gasteiger partial charge in [-0.3, -0.25) is 4.79 Å². The minimum Gasteiger partial charge on any atom is -0.333 e. The number of hydrogen-bond acceptors (Lipinski definition) is 3. The minimum atomic E-state index is -0.0174. The monoisotopic (exact) mass is 339 g/mol. The first-order valence-electron chi connectivity index (χ1n) is 8.13. The molecule has 0 bridgehead atoms. The first kappa shape index (κ1) is 16.6. The molecule has 0 fully saturated rings. The summed E-state index contributed by atoms with van der Waals surface area (Å²) in [4.78, 5) is 20.0. The Morgan fingerprint density at radius 2 is 1.96 bits per heavy atom. The highest BCUT2D eigenvalue weighted by atomic mass is 32.2. The molecular formula is C19H21N3OS. The van der Waals surface area contributed by atoms with Gasteiger partial charge in [-0.2, -0.15) is 0 Å². The van der Waals surface area contributed by atoms with Crippen molar-refractivity contribution in [2.24, 2.45) is 0 Å². The highest BCUT2D eigenvalue weighted by molar-refractivity contribution is 7.99. The molecule has 1 heterocycles. The molecule has 1 atom stereocenters. The van der Waals surface area contributed by atoms with Gasteiger partial charge in [-0.1, -0.05) is 55.9 Å². The number of H-pyrrole nitrogens is 1. The number of amides is 1. The standard InChI is InChI=1S/C19H21N3OS/c1-3-13(2)14-8-4-5-9-15(14)20-18(23)12-24-19-21-16-10-6-7-11-17(16)22-19/h4-11,13H,3,12H2,1-2H3,(H,20,23)(H,21,22). The zero-order valence-electron chi connectivity index (χ0n) is 13.9. The Kier molecular flexibility index (Phi) is 5.20. The van der Waals surface area contributed by atoms with E-state index in [1.54, 1.807) is 0 Å². The fourth-order valence-corrected chi connectivity index (χ4v) is 3.26. The second-order valence-electron chi connectivity index (χ2n) is 5.79. The van der Waals surface area contributed by atoms with E-state index in [-0.39, 0.29) is 5.91 Å². The number of carbonyl (C=O) groups excluding carboxylic acids is 1. The van der Waals surface area contributed by atoms with Crippen LogP contribution in [0.2, 0.25) is 0 Å². The highest BCUT2D eigenvalue weighted by Gasteiger charge is 2.12. The van der Waals surface area contributed by atoms with Crippen molar-refractivity contribution in [1.82, 2.24) is 9.97 Å². The number of rotatable bonds is 6. The Labute approximate surface area is 146 Å². The van der Waals surface area contributed by atoms with Crippen LogP contribution in [0.25, 0.3) is 11.0 Å². The summed E-state index contributed by atoms with van der Waals surface area (Å²) in [6, 6.07) is 15.9. The van der Waals surface area contributed by atoms with Gasteiger partial charge in [-0.05, 0) is 36.1 Å². The molecule has 4 nitrogen and oxygen atoms in total. The summed E-state index contributed by atoms with van der Waals surface area (Å²) in [5.41, 5.74) is 3.99. The summed E-state index contributed by atoms with van der Waals surface area (Å²) >= 11 is 1.41. The molecule has 0 spiro atoms. The van der Waals surface area contributed by atoms with Crippen molar-refractivity contribution in [2.75, 3.05) is 11.1 Å². The van der Waals surface area contributed by atoms with E-state index < -0.39 is 0 Å². The average molecular weight is 339 g/mol. The molecule has 124 valence electrons. The van der Waals surface area contributed by atoms with Crippen LogP contribution in [-0.4, -0.2) is 21.6 Å². The summed E-state index contributed by atoms with van der Waals surface area (Å²) < 4.78 is 0. The average Bonchev–Trinajstić information content (AvgIpc) is 3.03. The topological polar surface area (TPSA) is 57.8 Å². The van der Waals surface area contributed by atoms with Crippen LogP contribution >= 0.6 is 11.8 Å². The molecule has 1 unspecified atom stereocenters. The SMILES string of the molecule is CCC(C)c1ccccc1NC(=O)CSc1nc2ccccc2[nH]1. The Bertz CT molecular complexity index is 810. The maximum Gasteiger partial charge on any atom is 0.234 e. The highest BCUT2D eigenvalue weighted by Crippen LogP contribution is 2.27. The molecule has 2 aromatic carbocycles. The number of benzene rings is 2. The van der Waals surface area contributed by atoms with E-state index in [1.807, 2.05) is 42.5 Å². The van der Waals surface area contributed by atoms with Crippen LogP contribution in [0.3, 0.4) is 0 Å². The number of anilines is 1. The molecule has 5 heteroatoms.